The van der Waals surface area contributed by atoms with Crippen molar-refractivity contribution in [1.29, 1.82) is 0 Å². The van der Waals surface area contributed by atoms with Crippen molar-refractivity contribution in [3.8, 4) is 0 Å². The molecule has 110 valence electrons. The number of rotatable bonds is 4. The maximum Gasteiger partial charge on any atom is 0.225 e. The van der Waals surface area contributed by atoms with Crippen LogP contribution in [-0.4, -0.2) is 29.6 Å². The first-order valence-electron chi connectivity index (χ1n) is 7.65. The summed E-state index contributed by atoms with van der Waals surface area (Å²) < 4.78 is 0. The van der Waals surface area contributed by atoms with Gasteiger partial charge in [-0.05, 0) is 36.4 Å². The Kier molecular flexibility index (Phi) is 4.46. The van der Waals surface area contributed by atoms with E-state index in [4.69, 9.17) is 5.73 Å². The van der Waals surface area contributed by atoms with Crippen molar-refractivity contribution in [1.82, 2.24) is 9.97 Å². The van der Waals surface area contributed by atoms with E-state index in [9.17, 15) is 0 Å². The van der Waals surface area contributed by atoms with Crippen LogP contribution in [0.15, 0.2) is 42.7 Å². The van der Waals surface area contributed by atoms with E-state index in [1.807, 2.05) is 18.5 Å². The zero-order chi connectivity index (χ0) is 14.5. The molecule has 21 heavy (non-hydrogen) atoms. The molecule has 1 unspecified atom stereocenters. The number of hydrogen-bond donors (Lipinski definition) is 1. The molecule has 0 radical (unpaired) electrons. The molecule has 0 bridgehead atoms. The Bertz CT molecular complexity index is 553. The fourth-order valence-corrected chi connectivity index (χ4v) is 2.87. The molecule has 2 N–H and O–H groups in total. The van der Waals surface area contributed by atoms with E-state index in [-0.39, 0.29) is 0 Å². The molecule has 0 aliphatic carbocycles. The molecule has 1 fully saturated rings. The first kappa shape index (κ1) is 14.0. The van der Waals surface area contributed by atoms with Crippen LogP contribution < -0.4 is 10.6 Å². The number of nitrogens with two attached hydrogens (primary N) is 1. The average Bonchev–Trinajstić information content (AvgIpc) is 2.56. The lowest BCUT2D eigenvalue weighted by Gasteiger charge is -2.32. The van der Waals surface area contributed by atoms with E-state index in [0.717, 1.165) is 37.6 Å². The normalized spacial score (nSPS) is 18.7. The highest BCUT2D eigenvalue weighted by Gasteiger charge is 2.20. The van der Waals surface area contributed by atoms with Crippen molar-refractivity contribution in [3.63, 3.8) is 0 Å². The van der Waals surface area contributed by atoms with Crippen LogP contribution in [0.1, 0.15) is 24.0 Å². The van der Waals surface area contributed by atoms with Crippen molar-refractivity contribution in [2.45, 2.75) is 19.3 Å². The summed E-state index contributed by atoms with van der Waals surface area (Å²) in [5.41, 5.74) is 8.22. The fraction of sp³-hybridized carbons (Fsp3) is 0.412. The molecule has 2 heterocycles. The molecule has 1 atom stereocenters. The molecule has 1 aliphatic heterocycles. The van der Waals surface area contributed by atoms with E-state index in [1.54, 1.807) is 0 Å². The summed E-state index contributed by atoms with van der Waals surface area (Å²) in [7, 11) is 0. The summed E-state index contributed by atoms with van der Waals surface area (Å²) in [6.07, 6.45) is 7.17. The summed E-state index contributed by atoms with van der Waals surface area (Å²) in [4.78, 5) is 11.3. The molecule has 2 aromatic rings. The average molecular weight is 282 g/mol. The lowest BCUT2D eigenvalue weighted by molar-refractivity contribution is 0.419. The third kappa shape index (κ3) is 3.58. The first-order chi connectivity index (χ1) is 10.3. The van der Waals surface area contributed by atoms with Gasteiger partial charge < -0.3 is 10.6 Å². The standard InChI is InChI=1S/C17H22N4/c18-10-15-7-4-8-21(13-15)17-19-11-16(12-20-17)9-14-5-2-1-3-6-14/h1-3,5-6,11-12,15H,4,7-10,13,18H2. The maximum atomic E-state index is 5.79. The molecule has 1 aromatic heterocycles. The topological polar surface area (TPSA) is 55.0 Å². The first-order valence-corrected chi connectivity index (χ1v) is 7.65. The highest BCUT2D eigenvalue weighted by molar-refractivity contribution is 5.32. The molecule has 0 saturated carbocycles. The van der Waals surface area contributed by atoms with Gasteiger partial charge in [0.2, 0.25) is 5.95 Å². The minimum Gasteiger partial charge on any atom is -0.341 e. The summed E-state index contributed by atoms with van der Waals surface area (Å²) in [5.74, 6) is 1.41. The van der Waals surface area contributed by atoms with E-state index < -0.39 is 0 Å². The predicted molar refractivity (Wildman–Crippen MR) is 85.3 cm³/mol. The molecule has 0 amide bonds. The van der Waals surface area contributed by atoms with Crippen molar-refractivity contribution >= 4 is 5.95 Å². The number of piperidine rings is 1. The van der Waals surface area contributed by atoms with Gasteiger partial charge in [-0.25, -0.2) is 9.97 Å². The SMILES string of the molecule is NCC1CCCN(c2ncc(Cc3ccccc3)cn2)C1. The summed E-state index contributed by atoms with van der Waals surface area (Å²) in [6, 6.07) is 10.4. The molecular formula is C17H22N4. The van der Waals surface area contributed by atoms with Crippen molar-refractivity contribution < 1.29 is 0 Å². The molecule has 1 aromatic carbocycles. The van der Waals surface area contributed by atoms with Gasteiger partial charge in [-0.2, -0.15) is 0 Å². The van der Waals surface area contributed by atoms with Crippen molar-refractivity contribution in [2.24, 2.45) is 11.7 Å². The number of hydrogen-bond acceptors (Lipinski definition) is 4. The fourth-order valence-electron chi connectivity index (χ4n) is 2.87. The van der Waals surface area contributed by atoms with E-state index in [1.165, 1.54) is 18.4 Å². The number of benzene rings is 1. The van der Waals surface area contributed by atoms with E-state index in [0.29, 0.717) is 5.92 Å². The Hall–Kier alpha value is -1.94. The predicted octanol–water partition coefficient (Wildman–Crippen LogP) is 2.24. The largest absolute Gasteiger partial charge is 0.341 e. The Labute approximate surface area is 126 Å². The zero-order valence-corrected chi connectivity index (χ0v) is 12.3. The number of anilines is 1. The van der Waals surface area contributed by atoms with Crippen LogP contribution in [0.25, 0.3) is 0 Å². The van der Waals surface area contributed by atoms with Gasteiger partial charge in [0, 0.05) is 31.9 Å². The van der Waals surface area contributed by atoms with E-state index >= 15 is 0 Å². The van der Waals surface area contributed by atoms with Crippen LogP contribution in [0.3, 0.4) is 0 Å². The van der Waals surface area contributed by atoms with Gasteiger partial charge in [-0.1, -0.05) is 30.3 Å². The molecule has 0 spiro atoms. The third-order valence-corrected chi connectivity index (χ3v) is 4.08. The monoisotopic (exact) mass is 282 g/mol. The molecule has 1 saturated heterocycles. The van der Waals surface area contributed by atoms with Crippen molar-refractivity contribution in [2.75, 3.05) is 24.5 Å². The van der Waals surface area contributed by atoms with Crippen molar-refractivity contribution in [3.05, 3.63) is 53.9 Å². The van der Waals surface area contributed by atoms with Crippen LogP contribution in [0.4, 0.5) is 5.95 Å². The second-order valence-corrected chi connectivity index (χ2v) is 5.74. The van der Waals surface area contributed by atoms with Gasteiger partial charge >= 0.3 is 0 Å². The van der Waals surface area contributed by atoms with Gasteiger partial charge in [-0.15, -0.1) is 0 Å². The number of nitrogens with zero attached hydrogens (tertiary/aromatic N) is 3. The summed E-state index contributed by atoms with van der Waals surface area (Å²) >= 11 is 0. The highest BCUT2D eigenvalue weighted by Crippen LogP contribution is 2.19. The Morgan fingerprint density at radius 2 is 1.86 bits per heavy atom. The molecular weight excluding hydrogens is 260 g/mol. The zero-order valence-electron chi connectivity index (χ0n) is 12.3. The van der Waals surface area contributed by atoms with Crippen LogP contribution in [0, 0.1) is 5.92 Å². The smallest absolute Gasteiger partial charge is 0.225 e. The van der Waals surface area contributed by atoms with Gasteiger partial charge in [0.1, 0.15) is 0 Å². The van der Waals surface area contributed by atoms with Crippen LogP contribution in [-0.2, 0) is 6.42 Å². The van der Waals surface area contributed by atoms with Gasteiger partial charge in [0.05, 0.1) is 0 Å². The maximum absolute atomic E-state index is 5.79. The van der Waals surface area contributed by atoms with Gasteiger partial charge in [0.25, 0.3) is 0 Å². The lowest BCUT2D eigenvalue weighted by atomic mass is 9.99. The molecule has 4 nitrogen and oxygen atoms in total. The van der Waals surface area contributed by atoms with Gasteiger partial charge in [0.15, 0.2) is 0 Å². The molecule has 4 heteroatoms. The molecule has 1 aliphatic rings. The van der Waals surface area contributed by atoms with Crippen LogP contribution in [0.2, 0.25) is 0 Å². The molecule has 3 rings (SSSR count). The number of aromatic nitrogens is 2. The third-order valence-electron chi connectivity index (χ3n) is 4.08. The Morgan fingerprint density at radius 1 is 1.10 bits per heavy atom. The summed E-state index contributed by atoms with van der Waals surface area (Å²) in [5, 5.41) is 0. The quantitative estimate of drug-likeness (QED) is 0.934. The lowest BCUT2D eigenvalue weighted by Crippen LogP contribution is -2.39. The Morgan fingerprint density at radius 3 is 2.57 bits per heavy atom. The Balaban J connectivity index is 1.66. The highest BCUT2D eigenvalue weighted by atomic mass is 15.2. The minimum atomic E-state index is 0.575. The van der Waals surface area contributed by atoms with Crippen LogP contribution >= 0.6 is 0 Å². The second-order valence-electron chi connectivity index (χ2n) is 5.74. The second kappa shape index (κ2) is 6.68. The summed E-state index contributed by atoms with van der Waals surface area (Å²) in [6.45, 7) is 2.77. The van der Waals surface area contributed by atoms with E-state index in [2.05, 4.69) is 39.1 Å². The van der Waals surface area contributed by atoms with Gasteiger partial charge in [-0.3, -0.25) is 0 Å². The minimum absolute atomic E-state index is 0.575. The van der Waals surface area contributed by atoms with Crippen LogP contribution in [0.5, 0.6) is 0 Å².